The number of rotatable bonds is 5. The molecule has 1 aromatic carbocycles. The molecule has 5 nitrogen and oxygen atoms in total. The number of nitrogens with two attached hydrogens (primary N) is 1. The number of amidine groups is 1. The molecule has 1 aliphatic heterocycles. The Balaban J connectivity index is 1.93. The lowest BCUT2D eigenvalue weighted by atomic mass is 10.1. The molecule has 0 amide bonds. The molecule has 1 fully saturated rings. The van der Waals surface area contributed by atoms with E-state index in [-0.39, 0.29) is 12.4 Å². The molecule has 1 heterocycles. The molecule has 0 radical (unpaired) electrons. The van der Waals surface area contributed by atoms with Crippen LogP contribution < -0.4 is 5.73 Å². The van der Waals surface area contributed by atoms with Crippen molar-refractivity contribution in [2.24, 2.45) is 5.73 Å². The van der Waals surface area contributed by atoms with Gasteiger partial charge in [-0.25, -0.2) is 0 Å². The van der Waals surface area contributed by atoms with Crippen LogP contribution in [0, 0.1) is 5.41 Å². The molecule has 0 atom stereocenters. The van der Waals surface area contributed by atoms with Crippen molar-refractivity contribution in [1.29, 1.82) is 5.41 Å². The van der Waals surface area contributed by atoms with Crippen LogP contribution in [0.1, 0.15) is 11.1 Å². The number of nitrogens with one attached hydrogen (secondary N) is 1. The number of halogens is 1. The van der Waals surface area contributed by atoms with E-state index in [1.165, 1.54) is 0 Å². The summed E-state index contributed by atoms with van der Waals surface area (Å²) >= 11 is 6.25. The maximum atomic E-state index is 8.93. The summed E-state index contributed by atoms with van der Waals surface area (Å²) in [4.78, 5) is 4.61. The first-order chi connectivity index (χ1) is 9.60. The van der Waals surface area contributed by atoms with Gasteiger partial charge in [0, 0.05) is 49.9 Å². The van der Waals surface area contributed by atoms with Gasteiger partial charge >= 0.3 is 0 Å². The third-order valence-corrected chi connectivity index (χ3v) is 3.99. The Labute approximate surface area is 124 Å². The van der Waals surface area contributed by atoms with E-state index in [0.717, 1.165) is 44.8 Å². The Morgan fingerprint density at radius 3 is 2.45 bits per heavy atom. The fraction of sp³-hybridized carbons (Fsp3) is 0.500. The second kappa shape index (κ2) is 7.04. The molecule has 0 spiro atoms. The van der Waals surface area contributed by atoms with Crippen LogP contribution in [0.4, 0.5) is 0 Å². The van der Waals surface area contributed by atoms with Gasteiger partial charge in [-0.3, -0.25) is 15.2 Å². The van der Waals surface area contributed by atoms with Gasteiger partial charge in [-0.1, -0.05) is 23.7 Å². The zero-order valence-electron chi connectivity index (χ0n) is 11.5. The van der Waals surface area contributed by atoms with Gasteiger partial charge in [0.1, 0.15) is 5.84 Å². The molecule has 20 heavy (non-hydrogen) atoms. The zero-order chi connectivity index (χ0) is 14.5. The van der Waals surface area contributed by atoms with Crippen LogP contribution in [0.15, 0.2) is 18.2 Å². The molecular weight excluding hydrogens is 276 g/mol. The molecule has 1 saturated heterocycles. The standard InChI is InChI=1S/C14H21ClN4O/c15-13-9-11(14(16)17)1-2-12(13)10-19-5-3-18(4-6-19)7-8-20/h1-2,9,20H,3-8,10H2,(H3,16,17). The maximum Gasteiger partial charge on any atom is 0.122 e. The van der Waals surface area contributed by atoms with Gasteiger partial charge < -0.3 is 10.8 Å². The van der Waals surface area contributed by atoms with Crippen LogP contribution in [0.5, 0.6) is 0 Å². The molecule has 6 heteroatoms. The number of hydrogen-bond acceptors (Lipinski definition) is 4. The maximum absolute atomic E-state index is 8.93. The van der Waals surface area contributed by atoms with Gasteiger partial charge in [-0.05, 0) is 11.6 Å². The highest BCUT2D eigenvalue weighted by molar-refractivity contribution is 6.31. The summed E-state index contributed by atoms with van der Waals surface area (Å²) in [5.41, 5.74) is 7.17. The lowest BCUT2D eigenvalue weighted by Gasteiger charge is -2.34. The van der Waals surface area contributed by atoms with Crippen molar-refractivity contribution < 1.29 is 5.11 Å². The molecule has 110 valence electrons. The van der Waals surface area contributed by atoms with E-state index in [4.69, 9.17) is 27.9 Å². The lowest BCUT2D eigenvalue weighted by Crippen LogP contribution is -2.46. The van der Waals surface area contributed by atoms with Gasteiger partial charge in [0.2, 0.25) is 0 Å². The summed E-state index contributed by atoms with van der Waals surface area (Å²) in [5, 5.41) is 17.0. The molecule has 0 aliphatic carbocycles. The summed E-state index contributed by atoms with van der Waals surface area (Å²) in [6.07, 6.45) is 0. The normalized spacial score (nSPS) is 17.3. The minimum Gasteiger partial charge on any atom is -0.395 e. The van der Waals surface area contributed by atoms with Crippen molar-refractivity contribution in [2.75, 3.05) is 39.3 Å². The Hall–Kier alpha value is -1.14. The van der Waals surface area contributed by atoms with Crippen molar-refractivity contribution in [2.45, 2.75) is 6.54 Å². The summed E-state index contributed by atoms with van der Waals surface area (Å²) in [7, 11) is 0. The van der Waals surface area contributed by atoms with Gasteiger partial charge in [-0.15, -0.1) is 0 Å². The molecule has 1 aliphatic rings. The summed E-state index contributed by atoms with van der Waals surface area (Å²) in [5.74, 6) is 0.0380. The van der Waals surface area contributed by atoms with Crippen molar-refractivity contribution in [3.05, 3.63) is 34.3 Å². The van der Waals surface area contributed by atoms with Crippen LogP contribution in [0.2, 0.25) is 5.02 Å². The highest BCUT2D eigenvalue weighted by Gasteiger charge is 2.17. The monoisotopic (exact) mass is 296 g/mol. The fourth-order valence-electron chi connectivity index (χ4n) is 2.40. The van der Waals surface area contributed by atoms with E-state index in [1.807, 2.05) is 12.1 Å². The van der Waals surface area contributed by atoms with Gasteiger partial charge in [0.15, 0.2) is 0 Å². The molecule has 0 bridgehead atoms. The molecule has 1 aromatic rings. The number of nitrogen functional groups attached to an aromatic ring is 1. The highest BCUT2D eigenvalue weighted by Crippen LogP contribution is 2.20. The second-order valence-corrected chi connectivity index (χ2v) is 5.47. The number of β-amino-alcohol motifs (C(OH)–C–C–N with tert-alkyl or cyclic N) is 1. The zero-order valence-corrected chi connectivity index (χ0v) is 12.2. The second-order valence-electron chi connectivity index (χ2n) is 5.06. The number of hydrogen-bond donors (Lipinski definition) is 3. The van der Waals surface area contributed by atoms with E-state index in [1.54, 1.807) is 6.07 Å². The fourth-order valence-corrected chi connectivity index (χ4v) is 2.64. The molecule has 2 rings (SSSR count). The van der Waals surface area contributed by atoms with E-state index in [2.05, 4.69) is 9.80 Å². The number of nitrogens with zero attached hydrogens (tertiary/aromatic N) is 2. The van der Waals surface area contributed by atoms with E-state index >= 15 is 0 Å². The van der Waals surface area contributed by atoms with E-state index in [0.29, 0.717) is 10.6 Å². The predicted molar refractivity (Wildman–Crippen MR) is 81.3 cm³/mol. The predicted octanol–water partition coefficient (Wildman–Crippen LogP) is 0.734. The van der Waals surface area contributed by atoms with Crippen molar-refractivity contribution in [1.82, 2.24) is 9.80 Å². The van der Waals surface area contributed by atoms with E-state index < -0.39 is 0 Å². The Kier molecular flexibility index (Phi) is 5.37. The number of aliphatic hydroxyl groups excluding tert-OH is 1. The molecule has 0 aromatic heterocycles. The summed E-state index contributed by atoms with van der Waals surface area (Å²) < 4.78 is 0. The van der Waals surface area contributed by atoms with Crippen molar-refractivity contribution >= 4 is 17.4 Å². The first kappa shape index (κ1) is 15.3. The summed E-state index contributed by atoms with van der Waals surface area (Å²) in [6, 6.07) is 5.53. The smallest absolute Gasteiger partial charge is 0.122 e. The first-order valence-electron chi connectivity index (χ1n) is 6.78. The number of piperazine rings is 1. The average Bonchev–Trinajstić information content (AvgIpc) is 2.43. The largest absolute Gasteiger partial charge is 0.395 e. The van der Waals surface area contributed by atoms with Gasteiger partial charge in [0.25, 0.3) is 0 Å². The van der Waals surface area contributed by atoms with Crippen molar-refractivity contribution in [3.63, 3.8) is 0 Å². The third kappa shape index (κ3) is 3.93. The van der Waals surface area contributed by atoms with Crippen LogP contribution in [0.25, 0.3) is 0 Å². The Morgan fingerprint density at radius 1 is 1.25 bits per heavy atom. The van der Waals surface area contributed by atoms with Crippen LogP contribution in [0.3, 0.4) is 0 Å². The quantitative estimate of drug-likeness (QED) is 0.553. The molecular formula is C14H21ClN4O. The Morgan fingerprint density at radius 2 is 1.90 bits per heavy atom. The average molecular weight is 297 g/mol. The summed E-state index contributed by atoms with van der Waals surface area (Å²) in [6.45, 7) is 5.69. The number of aliphatic hydroxyl groups is 1. The van der Waals surface area contributed by atoms with Gasteiger partial charge in [-0.2, -0.15) is 0 Å². The topological polar surface area (TPSA) is 76.6 Å². The van der Waals surface area contributed by atoms with Crippen LogP contribution in [-0.4, -0.2) is 60.1 Å². The molecule has 0 saturated carbocycles. The van der Waals surface area contributed by atoms with Crippen molar-refractivity contribution in [3.8, 4) is 0 Å². The minimum atomic E-state index is 0.0380. The molecule has 0 unspecified atom stereocenters. The van der Waals surface area contributed by atoms with Gasteiger partial charge in [0.05, 0.1) is 6.61 Å². The number of benzene rings is 1. The van der Waals surface area contributed by atoms with Crippen LogP contribution >= 0.6 is 11.6 Å². The highest BCUT2D eigenvalue weighted by atomic mass is 35.5. The van der Waals surface area contributed by atoms with Crippen LogP contribution in [-0.2, 0) is 6.54 Å². The lowest BCUT2D eigenvalue weighted by molar-refractivity contribution is 0.108. The molecule has 4 N–H and O–H groups in total. The van der Waals surface area contributed by atoms with E-state index in [9.17, 15) is 0 Å². The third-order valence-electron chi connectivity index (χ3n) is 3.64. The first-order valence-corrected chi connectivity index (χ1v) is 7.16. The minimum absolute atomic E-state index is 0.0380. The Bertz CT molecular complexity index is 472. The SMILES string of the molecule is N=C(N)c1ccc(CN2CCN(CCO)CC2)c(Cl)c1.